The summed E-state index contributed by atoms with van der Waals surface area (Å²) in [5, 5.41) is 0. The van der Waals surface area contributed by atoms with E-state index in [9.17, 15) is 4.79 Å². The summed E-state index contributed by atoms with van der Waals surface area (Å²) in [6.45, 7) is 2.16. The number of hydrogen-bond acceptors (Lipinski definition) is 2. The molecule has 0 aliphatic rings. The van der Waals surface area contributed by atoms with Crippen LogP contribution >= 0.6 is 22.6 Å². The second-order valence-electron chi connectivity index (χ2n) is 1.68. The molecule has 3 heteroatoms. The van der Waals surface area contributed by atoms with Crippen LogP contribution in [0.1, 0.15) is 19.8 Å². The van der Waals surface area contributed by atoms with Crippen molar-refractivity contribution in [3.8, 4) is 9.85 Å². The standard InChI is InChI=1S/C7H9IO2/c1-2-4-7(9)10-6-3-5-8/h2,4,6H2,1H3. The van der Waals surface area contributed by atoms with Gasteiger partial charge in [-0.3, -0.25) is 4.79 Å². The highest BCUT2D eigenvalue weighted by molar-refractivity contribution is 14.1. The van der Waals surface area contributed by atoms with Crippen molar-refractivity contribution >= 4 is 28.6 Å². The van der Waals surface area contributed by atoms with E-state index < -0.39 is 0 Å². The molecule has 0 atom stereocenters. The summed E-state index contributed by atoms with van der Waals surface area (Å²) in [7, 11) is 0. The van der Waals surface area contributed by atoms with Crippen LogP contribution in [0.4, 0.5) is 0 Å². The zero-order chi connectivity index (χ0) is 7.82. The summed E-state index contributed by atoms with van der Waals surface area (Å²) in [4.78, 5) is 10.6. The molecule has 0 fully saturated rings. The minimum atomic E-state index is -0.165. The fraction of sp³-hybridized carbons (Fsp3) is 0.571. The maximum atomic E-state index is 10.6. The number of ether oxygens (including phenoxy) is 1. The van der Waals surface area contributed by atoms with Crippen molar-refractivity contribution in [1.29, 1.82) is 0 Å². The molecule has 0 unspecified atom stereocenters. The molecule has 0 aliphatic carbocycles. The van der Waals surface area contributed by atoms with Crippen molar-refractivity contribution in [3.05, 3.63) is 0 Å². The third-order valence-corrected chi connectivity index (χ3v) is 1.21. The van der Waals surface area contributed by atoms with Crippen LogP contribution in [0, 0.1) is 9.85 Å². The van der Waals surface area contributed by atoms with Gasteiger partial charge in [-0.05, 0) is 10.3 Å². The minimum absolute atomic E-state index is 0.165. The van der Waals surface area contributed by atoms with E-state index in [4.69, 9.17) is 4.74 Å². The Balaban J connectivity index is 3.27. The molecule has 56 valence electrons. The van der Waals surface area contributed by atoms with E-state index in [-0.39, 0.29) is 12.6 Å². The van der Waals surface area contributed by atoms with E-state index in [1.54, 1.807) is 0 Å². The number of carbonyl (C=O) groups excluding carboxylic acids is 1. The normalized spacial score (nSPS) is 7.80. The summed E-state index contributed by atoms with van der Waals surface area (Å²) in [5.41, 5.74) is 0. The highest BCUT2D eigenvalue weighted by Gasteiger charge is 1.96. The van der Waals surface area contributed by atoms with Crippen LogP contribution in [0.3, 0.4) is 0 Å². The topological polar surface area (TPSA) is 26.3 Å². The first-order valence-electron chi connectivity index (χ1n) is 3.05. The lowest BCUT2D eigenvalue weighted by Crippen LogP contribution is -2.03. The Morgan fingerprint density at radius 2 is 2.40 bits per heavy atom. The molecule has 0 spiro atoms. The molecule has 10 heavy (non-hydrogen) atoms. The van der Waals surface area contributed by atoms with Gasteiger partial charge in [0, 0.05) is 29.0 Å². The lowest BCUT2D eigenvalue weighted by atomic mass is 10.3. The van der Waals surface area contributed by atoms with Crippen molar-refractivity contribution in [3.63, 3.8) is 0 Å². The number of hydrogen-bond donors (Lipinski definition) is 0. The van der Waals surface area contributed by atoms with Crippen LogP contribution in [-0.4, -0.2) is 12.6 Å². The molecule has 0 aromatic carbocycles. The number of esters is 1. The van der Waals surface area contributed by atoms with Gasteiger partial charge in [0.1, 0.15) is 0 Å². The summed E-state index contributed by atoms with van der Waals surface area (Å²) in [6, 6.07) is 0. The van der Waals surface area contributed by atoms with Crippen LogP contribution in [0.2, 0.25) is 0 Å². The van der Waals surface area contributed by atoms with Gasteiger partial charge in [0.25, 0.3) is 0 Å². The van der Waals surface area contributed by atoms with Gasteiger partial charge >= 0.3 is 5.97 Å². The van der Waals surface area contributed by atoms with Crippen LogP contribution in [0.15, 0.2) is 0 Å². The van der Waals surface area contributed by atoms with Gasteiger partial charge in [-0.15, -0.1) is 0 Å². The molecule has 0 heterocycles. The SMILES string of the molecule is CCCC(=O)OCC#CI. The van der Waals surface area contributed by atoms with Crippen molar-refractivity contribution in [2.24, 2.45) is 0 Å². The monoisotopic (exact) mass is 252 g/mol. The molecular formula is C7H9IO2. The van der Waals surface area contributed by atoms with E-state index in [0.29, 0.717) is 6.42 Å². The molecule has 0 aliphatic heterocycles. The summed E-state index contributed by atoms with van der Waals surface area (Å²) in [5.74, 6) is 2.47. The Labute approximate surface area is 74.5 Å². The first-order valence-corrected chi connectivity index (χ1v) is 4.13. The van der Waals surface area contributed by atoms with E-state index >= 15 is 0 Å². The summed E-state index contributed by atoms with van der Waals surface area (Å²) < 4.78 is 7.31. The fourth-order valence-electron chi connectivity index (χ4n) is 0.420. The zero-order valence-corrected chi connectivity index (χ0v) is 7.97. The number of carbonyl (C=O) groups is 1. The van der Waals surface area contributed by atoms with Crippen LogP contribution in [0.25, 0.3) is 0 Å². The first-order chi connectivity index (χ1) is 4.81. The predicted molar refractivity (Wildman–Crippen MR) is 47.7 cm³/mol. The second kappa shape index (κ2) is 6.87. The number of rotatable bonds is 3. The minimum Gasteiger partial charge on any atom is -0.452 e. The predicted octanol–water partition coefficient (Wildman–Crippen LogP) is 1.73. The molecule has 0 amide bonds. The van der Waals surface area contributed by atoms with Gasteiger partial charge < -0.3 is 4.74 Å². The smallest absolute Gasteiger partial charge is 0.306 e. The average molecular weight is 252 g/mol. The van der Waals surface area contributed by atoms with E-state index in [0.717, 1.165) is 6.42 Å². The Bertz CT molecular complexity index is 155. The van der Waals surface area contributed by atoms with Gasteiger partial charge in [0.05, 0.1) is 0 Å². The van der Waals surface area contributed by atoms with Crippen LogP contribution < -0.4 is 0 Å². The average Bonchev–Trinajstić information content (AvgIpc) is 1.89. The van der Waals surface area contributed by atoms with Crippen molar-refractivity contribution in [1.82, 2.24) is 0 Å². The highest BCUT2D eigenvalue weighted by atomic mass is 127. The molecule has 0 aromatic heterocycles. The molecule has 0 saturated heterocycles. The van der Waals surface area contributed by atoms with Gasteiger partial charge in [-0.1, -0.05) is 12.8 Å². The van der Waals surface area contributed by atoms with Crippen molar-refractivity contribution < 1.29 is 9.53 Å². The third-order valence-electron chi connectivity index (χ3n) is 0.826. The highest BCUT2D eigenvalue weighted by Crippen LogP contribution is 1.89. The van der Waals surface area contributed by atoms with E-state index in [1.165, 1.54) is 0 Å². The maximum Gasteiger partial charge on any atom is 0.306 e. The second-order valence-corrected chi connectivity index (χ2v) is 2.22. The van der Waals surface area contributed by atoms with Gasteiger partial charge in [0.15, 0.2) is 6.61 Å². The molecule has 0 saturated carbocycles. The third kappa shape index (κ3) is 5.89. The van der Waals surface area contributed by atoms with Crippen molar-refractivity contribution in [2.75, 3.05) is 6.61 Å². The molecule has 2 nitrogen and oxygen atoms in total. The Kier molecular flexibility index (Phi) is 6.71. The van der Waals surface area contributed by atoms with E-state index in [1.807, 2.05) is 29.5 Å². The van der Waals surface area contributed by atoms with Crippen LogP contribution in [-0.2, 0) is 9.53 Å². The molecule has 0 rings (SSSR count). The Morgan fingerprint density at radius 1 is 1.70 bits per heavy atom. The lowest BCUT2D eigenvalue weighted by Gasteiger charge is -1.96. The largest absolute Gasteiger partial charge is 0.452 e. The number of halogens is 1. The molecule has 0 radical (unpaired) electrons. The quantitative estimate of drug-likeness (QED) is 0.434. The van der Waals surface area contributed by atoms with E-state index in [2.05, 4.69) is 9.85 Å². The zero-order valence-electron chi connectivity index (χ0n) is 5.82. The molecule has 0 bridgehead atoms. The molecule has 0 N–H and O–H groups in total. The van der Waals surface area contributed by atoms with Crippen molar-refractivity contribution in [2.45, 2.75) is 19.8 Å². The lowest BCUT2D eigenvalue weighted by molar-refractivity contribution is -0.142. The molecule has 0 aromatic rings. The van der Waals surface area contributed by atoms with Crippen LogP contribution in [0.5, 0.6) is 0 Å². The van der Waals surface area contributed by atoms with Gasteiger partial charge in [-0.25, -0.2) is 0 Å². The Hall–Kier alpha value is -0.240. The van der Waals surface area contributed by atoms with Gasteiger partial charge in [0.2, 0.25) is 0 Å². The Morgan fingerprint density at radius 3 is 2.90 bits per heavy atom. The maximum absolute atomic E-state index is 10.6. The summed E-state index contributed by atoms with van der Waals surface area (Å²) in [6.07, 6.45) is 1.32. The van der Waals surface area contributed by atoms with Gasteiger partial charge in [-0.2, -0.15) is 0 Å². The molecular weight excluding hydrogens is 243 g/mol. The summed E-state index contributed by atoms with van der Waals surface area (Å²) >= 11 is 1.90. The fourth-order valence-corrected chi connectivity index (χ4v) is 0.576. The first kappa shape index (κ1) is 9.76.